The van der Waals surface area contributed by atoms with Crippen molar-refractivity contribution in [3.63, 3.8) is 0 Å². The van der Waals surface area contributed by atoms with Crippen molar-refractivity contribution in [1.29, 1.82) is 0 Å². The van der Waals surface area contributed by atoms with E-state index in [1.54, 1.807) is 0 Å². The molecule has 1 aromatic rings. The third-order valence-corrected chi connectivity index (χ3v) is 3.61. The Balaban J connectivity index is 2.26. The molecule has 0 amide bonds. The monoisotopic (exact) mass is 277 g/mol. The molecule has 20 heavy (non-hydrogen) atoms. The van der Waals surface area contributed by atoms with E-state index in [0.717, 1.165) is 12.0 Å². The van der Waals surface area contributed by atoms with Gasteiger partial charge in [-0.2, -0.15) is 0 Å². The molecule has 0 aliphatic carbocycles. The van der Waals surface area contributed by atoms with Gasteiger partial charge in [0.25, 0.3) is 0 Å². The maximum atomic E-state index is 10.7. The highest BCUT2D eigenvalue weighted by atomic mass is 16.4. The first-order valence-corrected chi connectivity index (χ1v) is 7.69. The fraction of sp³-hybridized carbons (Fsp3) is 0.588. The van der Waals surface area contributed by atoms with E-state index >= 15 is 0 Å². The van der Waals surface area contributed by atoms with Crippen LogP contribution in [0.25, 0.3) is 0 Å². The van der Waals surface area contributed by atoms with Gasteiger partial charge in [-0.05, 0) is 30.4 Å². The second kappa shape index (κ2) is 9.54. The van der Waals surface area contributed by atoms with E-state index < -0.39 is 12.0 Å². The quantitative estimate of drug-likeness (QED) is 0.643. The molecule has 0 bridgehead atoms. The highest BCUT2D eigenvalue weighted by Gasteiger charge is 2.11. The van der Waals surface area contributed by atoms with Crippen molar-refractivity contribution in [2.75, 3.05) is 0 Å². The van der Waals surface area contributed by atoms with Gasteiger partial charge in [-0.15, -0.1) is 0 Å². The molecule has 1 atom stereocenters. The number of hydrogen-bond acceptors (Lipinski definition) is 2. The third-order valence-electron chi connectivity index (χ3n) is 3.61. The van der Waals surface area contributed by atoms with E-state index in [4.69, 9.17) is 10.8 Å². The average molecular weight is 277 g/mol. The lowest BCUT2D eigenvalue weighted by atomic mass is 10.0. The SMILES string of the molecule is CCCCCCCCc1ccc(C[C@H](N)C(=O)O)cc1. The van der Waals surface area contributed by atoms with Gasteiger partial charge in [0, 0.05) is 0 Å². The first-order valence-electron chi connectivity index (χ1n) is 7.69. The van der Waals surface area contributed by atoms with Crippen LogP contribution in [0.15, 0.2) is 24.3 Å². The molecule has 0 aliphatic heterocycles. The van der Waals surface area contributed by atoms with Crippen molar-refractivity contribution >= 4 is 5.97 Å². The summed E-state index contributed by atoms with van der Waals surface area (Å²) in [7, 11) is 0. The standard InChI is InChI=1S/C17H27NO2/c1-2-3-4-5-6-7-8-14-9-11-15(12-10-14)13-16(18)17(19)20/h9-12,16H,2-8,13,18H2,1H3,(H,19,20)/t16-/m0/s1. The van der Waals surface area contributed by atoms with E-state index in [0.29, 0.717) is 6.42 Å². The lowest BCUT2D eigenvalue weighted by Gasteiger charge is -2.07. The molecule has 0 radical (unpaired) electrons. The Labute approximate surface area is 122 Å². The summed E-state index contributed by atoms with van der Waals surface area (Å²) in [4.78, 5) is 10.7. The van der Waals surface area contributed by atoms with Gasteiger partial charge in [-0.3, -0.25) is 4.79 Å². The molecule has 0 saturated carbocycles. The Kier molecular flexibility index (Phi) is 7.97. The minimum Gasteiger partial charge on any atom is -0.480 e. The number of unbranched alkanes of at least 4 members (excludes halogenated alkanes) is 5. The van der Waals surface area contributed by atoms with Gasteiger partial charge in [0.05, 0.1) is 0 Å². The minimum atomic E-state index is -0.943. The average Bonchev–Trinajstić information content (AvgIpc) is 2.44. The van der Waals surface area contributed by atoms with Crippen molar-refractivity contribution < 1.29 is 9.90 Å². The maximum Gasteiger partial charge on any atom is 0.320 e. The van der Waals surface area contributed by atoms with Gasteiger partial charge in [0.2, 0.25) is 0 Å². The number of rotatable bonds is 10. The zero-order chi connectivity index (χ0) is 14.8. The van der Waals surface area contributed by atoms with Crippen LogP contribution >= 0.6 is 0 Å². The molecule has 112 valence electrons. The maximum absolute atomic E-state index is 10.7. The van der Waals surface area contributed by atoms with Crippen LogP contribution in [0, 0.1) is 0 Å². The number of carboxylic acid groups (broad SMARTS) is 1. The Bertz CT molecular complexity index is 386. The molecule has 0 saturated heterocycles. The van der Waals surface area contributed by atoms with Gasteiger partial charge < -0.3 is 10.8 Å². The fourth-order valence-electron chi connectivity index (χ4n) is 2.29. The Morgan fingerprint density at radius 2 is 1.60 bits per heavy atom. The van der Waals surface area contributed by atoms with Gasteiger partial charge in [-0.1, -0.05) is 63.3 Å². The summed E-state index contributed by atoms with van der Waals surface area (Å²) < 4.78 is 0. The summed E-state index contributed by atoms with van der Waals surface area (Å²) in [5.74, 6) is -0.943. The predicted molar refractivity (Wildman–Crippen MR) is 82.8 cm³/mol. The lowest BCUT2D eigenvalue weighted by Crippen LogP contribution is -2.32. The first kappa shape index (κ1) is 16.7. The minimum absolute atomic E-state index is 0.395. The molecule has 0 unspecified atom stereocenters. The Morgan fingerprint density at radius 3 is 2.20 bits per heavy atom. The van der Waals surface area contributed by atoms with Crippen molar-refractivity contribution in [3.05, 3.63) is 35.4 Å². The summed E-state index contributed by atoms with van der Waals surface area (Å²) >= 11 is 0. The first-order chi connectivity index (χ1) is 9.63. The molecule has 0 heterocycles. The van der Waals surface area contributed by atoms with E-state index in [9.17, 15) is 4.79 Å². The highest BCUT2D eigenvalue weighted by Crippen LogP contribution is 2.12. The molecular weight excluding hydrogens is 250 g/mol. The van der Waals surface area contributed by atoms with Gasteiger partial charge in [-0.25, -0.2) is 0 Å². The highest BCUT2D eigenvalue weighted by molar-refractivity contribution is 5.73. The third kappa shape index (κ3) is 6.71. The fourth-order valence-corrected chi connectivity index (χ4v) is 2.29. The van der Waals surface area contributed by atoms with Crippen LogP contribution in [-0.2, 0) is 17.6 Å². The van der Waals surface area contributed by atoms with Gasteiger partial charge in [0.15, 0.2) is 0 Å². The predicted octanol–water partition coefficient (Wildman–Crippen LogP) is 3.54. The largest absolute Gasteiger partial charge is 0.480 e. The molecule has 3 N–H and O–H groups in total. The summed E-state index contributed by atoms with van der Waals surface area (Å²) in [5.41, 5.74) is 7.84. The number of carbonyl (C=O) groups is 1. The topological polar surface area (TPSA) is 63.3 Å². The summed E-state index contributed by atoms with van der Waals surface area (Å²) in [6, 6.07) is 7.37. The van der Waals surface area contributed by atoms with Crippen LogP contribution in [0.1, 0.15) is 56.6 Å². The van der Waals surface area contributed by atoms with E-state index in [1.165, 1.54) is 44.1 Å². The number of benzene rings is 1. The molecule has 0 fully saturated rings. The number of aliphatic carboxylic acids is 1. The van der Waals surface area contributed by atoms with E-state index in [-0.39, 0.29) is 0 Å². The van der Waals surface area contributed by atoms with Gasteiger partial charge in [0.1, 0.15) is 6.04 Å². The normalized spacial score (nSPS) is 12.3. The Morgan fingerprint density at radius 1 is 1.05 bits per heavy atom. The zero-order valence-corrected chi connectivity index (χ0v) is 12.5. The van der Waals surface area contributed by atoms with Crippen molar-refractivity contribution in [2.45, 2.75) is 64.3 Å². The van der Waals surface area contributed by atoms with Crippen LogP contribution in [0.2, 0.25) is 0 Å². The van der Waals surface area contributed by atoms with Crippen molar-refractivity contribution in [2.24, 2.45) is 5.73 Å². The molecule has 3 heteroatoms. The molecular formula is C17H27NO2. The molecule has 0 aliphatic rings. The van der Waals surface area contributed by atoms with Crippen LogP contribution in [0.4, 0.5) is 0 Å². The van der Waals surface area contributed by atoms with Crippen LogP contribution < -0.4 is 5.73 Å². The number of carboxylic acids is 1. The Hall–Kier alpha value is -1.35. The summed E-state index contributed by atoms with van der Waals surface area (Å²) in [6.45, 7) is 2.23. The molecule has 0 spiro atoms. The van der Waals surface area contributed by atoms with Crippen LogP contribution in [-0.4, -0.2) is 17.1 Å². The van der Waals surface area contributed by atoms with E-state index in [2.05, 4.69) is 19.1 Å². The lowest BCUT2D eigenvalue weighted by molar-refractivity contribution is -0.138. The molecule has 0 aromatic heterocycles. The van der Waals surface area contributed by atoms with Crippen molar-refractivity contribution in [1.82, 2.24) is 0 Å². The summed E-state index contributed by atoms with van der Waals surface area (Å²) in [6.07, 6.45) is 9.35. The number of hydrogen-bond donors (Lipinski definition) is 2. The van der Waals surface area contributed by atoms with Gasteiger partial charge >= 0.3 is 5.97 Å². The second-order valence-corrected chi connectivity index (χ2v) is 5.48. The molecule has 3 nitrogen and oxygen atoms in total. The smallest absolute Gasteiger partial charge is 0.320 e. The zero-order valence-electron chi connectivity index (χ0n) is 12.5. The number of nitrogens with two attached hydrogens (primary N) is 1. The number of aryl methyl sites for hydroxylation is 1. The van der Waals surface area contributed by atoms with E-state index in [1.807, 2.05) is 12.1 Å². The second-order valence-electron chi connectivity index (χ2n) is 5.48. The molecule has 1 rings (SSSR count). The van der Waals surface area contributed by atoms with Crippen LogP contribution in [0.5, 0.6) is 0 Å². The molecule has 1 aromatic carbocycles. The van der Waals surface area contributed by atoms with Crippen molar-refractivity contribution in [3.8, 4) is 0 Å². The summed E-state index contributed by atoms with van der Waals surface area (Å²) in [5, 5.41) is 8.78. The van der Waals surface area contributed by atoms with Crippen LogP contribution in [0.3, 0.4) is 0 Å².